The average Bonchev–Trinajstić information content (AvgIpc) is 3.37. The number of amides is 2. The predicted molar refractivity (Wildman–Crippen MR) is 129 cm³/mol. The van der Waals surface area contributed by atoms with Crippen LogP contribution in [0, 0.1) is 0 Å². The number of alkyl halides is 3. The van der Waals surface area contributed by atoms with Gasteiger partial charge in [0.15, 0.2) is 0 Å². The number of benzene rings is 1. The highest BCUT2D eigenvalue weighted by Crippen LogP contribution is 2.41. The van der Waals surface area contributed by atoms with Gasteiger partial charge in [-0.3, -0.25) is 24.7 Å². The summed E-state index contributed by atoms with van der Waals surface area (Å²) in [6.07, 6.45) is 2.10. The van der Waals surface area contributed by atoms with E-state index in [2.05, 4.69) is 32.4 Å². The molecule has 0 spiro atoms. The van der Waals surface area contributed by atoms with Crippen LogP contribution in [0.1, 0.15) is 54.1 Å². The zero-order chi connectivity index (χ0) is 26.2. The van der Waals surface area contributed by atoms with Gasteiger partial charge in [-0.2, -0.15) is 18.3 Å². The van der Waals surface area contributed by atoms with E-state index in [0.717, 1.165) is 29.8 Å². The zero-order valence-corrected chi connectivity index (χ0v) is 19.8. The summed E-state index contributed by atoms with van der Waals surface area (Å²) in [5.41, 5.74) is 2.14. The number of hydrogen-bond acceptors (Lipinski definition) is 5. The Balaban J connectivity index is 1.48. The van der Waals surface area contributed by atoms with E-state index in [1.807, 2.05) is 24.3 Å². The first-order chi connectivity index (χ1) is 17.7. The number of anilines is 1. The number of halogens is 3. The number of H-pyrrole nitrogens is 1. The van der Waals surface area contributed by atoms with Crippen molar-refractivity contribution in [1.29, 1.82) is 0 Å². The minimum absolute atomic E-state index is 0.135. The Labute approximate surface area is 209 Å². The van der Waals surface area contributed by atoms with Crippen LogP contribution in [0.2, 0.25) is 0 Å². The standard InChI is InChI=1S/C26H23F3N6O2/c1-15-6-9-22(20-5-3-2-4-19(15)20)35(14-18-8-7-17(12-31-18)26(27,28)29)25(37)24(36)33-21-13-30-10-16-11-32-34-23(16)21/h2-5,7-8,10-13,15,22H,6,9,14H2,1H3,(H,32,34)(H,33,36). The van der Waals surface area contributed by atoms with E-state index in [-0.39, 0.29) is 18.2 Å². The predicted octanol–water partition coefficient (Wildman–Crippen LogP) is 4.98. The lowest BCUT2D eigenvalue weighted by Gasteiger charge is -2.37. The molecule has 190 valence electrons. The molecule has 4 aromatic rings. The highest BCUT2D eigenvalue weighted by atomic mass is 19.4. The average molecular weight is 509 g/mol. The van der Waals surface area contributed by atoms with Crippen molar-refractivity contribution in [3.8, 4) is 0 Å². The van der Waals surface area contributed by atoms with E-state index in [0.29, 0.717) is 23.0 Å². The van der Waals surface area contributed by atoms with Gasteiger partial charge in [-0.25, -0.2) is 0 Å². The third kappa shape index (κ3) is 4.89. The lowest BCUT2D eigenvalue weighted by molar-refractivity contribution is -0.145. The highest BCUT2D eigenvalue weighted by Gasteiger charge is 2.35. The Morgan fingerprint density at radius 3 is 2.57 bits per heavy atom. The summed E-state index contributed by atoms with van der Waals surface area (Å²) in [5.74, 6) is -1.45. The van der Waals surface area contributed by atoms with Gasteiger partial charge < -0.3 is 10.2 Å². The van der Waals surface area contributed by atoms with Gasteiger partial charge in [-0.15, -0.1) is 0 Å². The number of nitrogens with zero attached hydrogens (tertiary/aromatic N) is 4. The number of carbonyl (C=O) groups excluding carboxylic acids is 2. The number of pyridine rings is 2. The van der Waals surface area contributed by atoms with E-state index in [4.69, 9.17) is 0 Å². The topological polar surface area (TPSA) is 104 Å². The molecule has 0 saturated carbocycles. The van der Waals surface area contributed by atoms with Crippen LogP contribution in [-0.4, -0.2) is 36.9 Å². The van der Waals surface area contributed by atoms with E-state index in [1.54, 1.807) is 12.4 Å². The molecular weight excluding hydrogens is 485 g/mol. The third-order valence-electron chi connectivity index (χ3n) is 6.68. The first-order valence-electron chi connectivity index (χ1n) is 11.7. The van der Waals surface area contributed by atoms with Crippen LogP contribution < -0.4 is 5.32 Å². The molecule has 0 bridgehead atoms. The monoisotopic (exact) mass is 508 g/mol. The molecule has 3 heterocycles. The molecule has 1 aliphatic carbocycles. The maximum Gasteiger partial charge on any atom is 0.417 e. The molecule has 0 saturated heterocycles. The molecule has 2 N–H and O–H groups in total. The summed E-state index contributed by atoms with van der Waals surface area (Å²) in [6, 6.07) is 9.41. The first-order valence-corrected chi connectivity index (χ1v) is 11.7. The van der Waals surface area contributed by atoms with Crippen LogP contribution in [-0.2, 0) is 22.3 Å². The fraction of sp³-hybridized carbons (Fsp3) is 0.269. The number of aromatic amines is 1. The number of aromatic nitrogens is 4. The lowest BCUT2D eigenvalue weighted by atomic mass is 9.80. The molecule has 1 aromatic carbocycles. The van der Waals surface area contributed by atoms with Crippen LogP contribution in [0.4, 0.5) is 18.9 Å². The molecule has 5 rings (SSSR count). The van der Waals surface area contributed by atoms with E-state index in [9.17, 15) is 22.8 Å². The molecule has 2 atom stereocenters. The Kier molecular flexibility index (Phi) is 6.36. The maximum absolute atomic E-state index is 13.6. The zero-order valence-electron chi connectivity index (χ0n) is 19.8. The van der Waals surface area contributed by atoms with Crippen LogP contribution in [0.25, 0.3) is 10.9 Å². The van der Waals surface area contributed by atoms with Gasteiger partial charge in [0.05, 0.1) is 47.4 Å². The molecule has 11 heteroatoms. The minimum atomic E-state index is -4.53. The number of hydrogen-bond donors (Lipinski definition) is 2. The van der Waals surface area contributed by atoms with Gasteiger partial charge in [0.2, 0.25) is 0 Å². The summed E-state index contributed by atoms with van der Waals surface area (Å²) < 4.78 is 39.1. The quantitative estimate of drug-likeness (QED) is 0.379. The Morgan fingerprint density at radius 1 is 1.05 bits per heavy atom. The first kappa shape index (κ1) is 24.4. The molecule has 3 aromatic heterocycles. The van der Waals surface area contributed by atoms with Crippen LogP contribution in [0.5, 0.6) is 0 Å². The van der Waals surface area contributed by atoms with Crippen molar-refractivity contribution in [2.45, 2.75) is 44.4 Å². The minimum Gasteiger partial charge on any atom is -0.321 e. The number of fused-ring (bicyclic) bond motifs is 2. The molecular formula is C26H23F3N6O2. The molecule has 8 nitrogen and oxygen atoms in total. The van der Waals surface area contributed by atoms with Crippen molar-refractivity contribution in [3.63, 3.8) is 0 Å². The van der Waals surface area contributed by atoms with Gasteiger partial charge >= 0.3 is 18.0 Å². The second kappa shape index (κ2) is 9.64. The SMILES string of the molecule is CC1CCC(N(Cc2ccc(C(F)(F)F)cn2)C(=O)C(=O)Nc2cncc3cn[nH]c23)c2ccccc21. The summed E-state index contributed by atoms with van der Waals surface area (Å²) in [4.78, 5) is 36.2. The molecule has 0 aliphatic heterocycles. The maximum atomic E-state index is 13.6. The van der Waals surface area contributed by atoms with Crippen molar-refractivity contribution >= 4 is 28.4 Å². The van der Waals surface area contributed by atoms with Gasteiger partial charge in [-0.1, -0.05) is 31.2 Å². The van der Waals surface area contributed by atoms with Gasteiger partial charge in [-0.05, 0) is 42.0 Å². The van der Waals surface area contributed by atoms with E-state index >= 15 is 0 Å². The second-order valence-corrected chi connectivity index (χ2v) is 9.07. The molecule has 0 radical (unpaired) electrons. The van der Waals surface area contributed by atoms with E-state index < -0.39 is 29.6 Å². The normalized spacial score (nSPS) is 17.3. The summed E-state index contributed by atoms with van der Waals surface area (Å²) in [6.45, 7) is 1.97. The number of carbonyl (C=O) groups is 2. The molecule has 1 aliphatic rings. The summed E-state index contributed by atoms with van der Waals surface area (Å²) in [7, 11) is 0. The summed E-state index contributed by atoms with van der Waals surface area (Å²) in [5, 5.41) is 9.97. The van der Waals surface area contributed by atoms with Crippen LogP contribution >= 0.6 is 0 Å². The molecule has 0 fully saturated rings. The fourth-order valence-electron chi connectivity index (χ4n) is 4.76. The Hall–Kier alpha value is -4.28. The molecule has 2 unspecified atom stereocenters. The van der Waals surface area contributed by atoms with E-state index in [1.165, 1.54) is 17.2 Å². The summed E-state index contributed by atoms with van der Waals surface area (Å²) >= 11 is 0. The molecule has 37 heavy (non-hydrogen) atoms. The largest absolute Gasteiger partial charge is 0.417 e. The third-order valence-corrected chi connectivity index (χ3v) is 6.68. The van der Waals surface area contributed by atoms with Gasteiger partial charge in [0, 0.05) is 17.8 Å². The second-order valence-electron chi connectivity index (χ2n) is 9.07. The van der Waals surface area contributed by atoms with Crippen LogP contribution in [0.15, 0.2) is 61.2 Å². The van der Waals surface area contributed by atoms with Crippen molar-refractivity contribution in [2.75, 3.05) is 5.32 Å². The fourth-order valence-corrected chi connectivity index (χ4v) is 4.76. The smallest absolute Gasteiger partial charge is 0.321 e. The van der Waals surface area contributed by atoms with Crippen molar-refractivity contribution in [3.05, 3.63) is 83.6 Å². The molecule has 2 amide bonds. The Bertz CT molecular complexity index is 1450. The lowest BCUT2D eigenvalue weighted by Crippen LogP contribution is -2.43. The number of rotatable bonds is 4. The van der Waals surface area contributed by atoms with Crippen molar-refractivity contribution in [2.24, 2.45) is 0 Å². The highest BCUT2D eigenvalue weighted by molar-refractivity contribution is 6.40. The van der Waals surface area contributed by atoms with Crippen LogP contribution in [0.3, 0.4) is 0 Å². The van der Waals surface area contributed by atoms with Crippen molar-refractivity contribution in [1.82, 2.24) is 25.1 Å². The van der Waals surface area contributed by atoms with Crippen molar-refractivity contribution < 1.29 is 22.8 Å². The number of nitrogens with one attached hydrogen (secondary N) is 2. The Morgan fingerprint density at radius 2 is 1.84 bits per heavy atom. The van der Waals surface area contributed by atoms with Gasteiger partial charge in [0.1, 0.15) is 0 Å². The van der Waals surface area contributed by atoms with Gasteiger partial charge in [0.25, 0.3) is 0 Å².